The molecule has 0 radical (unpaired) electrons. The van der Waals surface area contributed by atoms with Gasteiger partial charge in [0, 0.05) is 12.5 Å². The normalized spacial score (nSPS) is 14.0. The summed E-state index contributed by atoms with van der Waals surface area (Å²) < 4.78 is 13.3. The molecule has 6 nitrogen and oxygen atoms in total. The molecule has 0 aromatic heterocycles. The second-order valence-electron chi connectivity index (χ2n) is 6.49. The van der Waals surface area contributed by atoms with Gasteiger partial charge >= 0.3 is 6.03 Å². The summed E-state index contributed by atoms with van der Waals surface area (Å²) in [6, 6.07) is 4.25. The number of rotatable bonds is 6. The van der Waals surface area contributed by atoms with Crippen molar-refractivity contribution in [2.75, 3.05) is 13.2 Å². The Balaban J connectivity index is 2.76. The van der Waals surface area contributed by atoms with Crippen LogP contribution >= 0.6 is 0 Å². The number of halogens is 1. The lowest BCUT2D eigenvalue weighted by molar-refractivity contribution is -0.125. The molecule has 0 saturated carbocycles. The van der Waals surface area contributed by atoms with Crippen molar-refractivity contribution in [2.45, 2.75) is 32.7 Å². The maximum Gasteiger partial charge on any atom is 0.312 e. The van der Waals surface area contributed by atoms with Gasteiger partial charge in [0.15, 0.2) is 0 Å². The quantitative estimate of drug-likeness (QED) is 0.629. The average Bonchev–Trinajstić information content (AvgIpc) is 2.44. The Bertz CT molecular complexity index is 558. The molecule has 0 aliphatic heterocycles. The second kappa shape index (κ2) is 7.92. The molecule has 2 atom stereocenters. The van der Waals surface area contributed by atoms with Crippen LogP contribution < -0.4 is 16.4 Å². The van der Waals surface area contributed by atoms with Crippen LogP contribution in [0.5, 0.6) is 0 Å². The zero-order chi connectivity index (χ0) is 17.6. The van der Waals surface area contributed by atoms with Gasteiger partial charge in [-0.3, -0.25) is 4.79 Å². The maximum absolute atomic E-state index is 13.3. The number of benzene rings is 1. The summed E-state index contributed by atoms with van der Waals surface area (Å²) in [5.74, 6) is -1.26. The van der Waals surface area contributed by atoms with Crippen LogP contribution in [-0.4, -0.2) is 36.2 Å². The molecule has 1 rings (SSSR count). The van der Waals surface area contributed by atoms with E-state index >= 15 is 0 Å². The minimum absolute atomic E-state index is 0.117. The highest BCUT2D eigenvalue weighted by Gasteiger charge is 2.32. The summed E-state index contributed by atoms with van der Waals surface area (Å²) >= 11 is 0. The third kappa shape index (κ3) is 5.86. The van der Waals surface area contributed by atoms with Crippen molar-refractivity contribution in [1.29, 1.82) is 0 Å². The number of urea groups is 1. The van der Waals surface area contributed by atoms with Crippen molar-refractivity contribution >= 4 is 11.9 Å². The van der Waals surface area contributed by atoms with Crippen molar-refractivity contribution in [3.63, 3.8) is 0 Å². The first-order chi connectivity index (χ1) is 10.6. The molecular weight excluding hydrogens is 301 g/mol. The number of carbonyl (C=O) groups excluding carboxylic acids is 2. The minimum atomic E-state index is -0.813. The third-order valence-electron chi connectivity index (χ3n) is 3.48. The zero-order valence-corrected chi connectivity index (χ0v) is 13.6. The molecule has 5 N–H and O–H groups in total. The number of nitrogens with one attached hydrogen (secondary N) is 2. The van der Waals surface area contributed by atoms with Crippen LogP contribution in [0.15, 0.2) is 24.3 Å². The van der Waals surface area contributed by atoms with E-state index in [0.29, 0.717) is 5.56 Å². The third-order valence-corrected chi connectivity index (χ3v) is 3.48. The van der Waals surface area contributed by atoms with Gasteiger partial charge in [0.05, 0.1) is 6.61 Å². The Morgan fingerprint density at radius 2 is 2.00 bits per heavy atom. The summed E-state index contributed by atoms with van der Waals surface area (Å²) in [5.41, 5.74) is 5.16. The van der Waals surface area contributed by atoms with Crippen molar-refractivity contribution in [2.24, 2.45) is 11.1 Å². The highest BCUT2D eigenvalue weighted by Crippen LogP contribution is 2.20. The first kappa shape index (κ1) is 18.9. The lowest BCUT2D eigenvalue weighted by atomic mass is 9.86. The number of carbonyl (C=O) groups is 2. The largest absolute Gasteiger partial charge is 0.396 e. The fourth-order valence-corrected chi connectivity index (χ4v) is 2.19. The van der Waals surface area contributed by atoms with Gasteiger partial charge in [-0.25, -0.2) is 9.18 Å². The topological polar surface area (TPSA) is 104 Å². The van der Waals surface area contributed by atoms with E-state index in [-0.39, 0.29) is 13.2 Å². The Hall–Kier alpha value is -2.15. The molecular formula is C16H24FN3O3. The molecule has 23 heavy (non-hydrogen) atoms. The van der Waals surface area contributed by atoms with Gasteiger partial charge in [0.25, 0.3) is 0 Å². The Morgan fingerprint density at radius 3 is 2.48 bits per heavy atom. The zero-order valence-electron chi connectivity index (χ0n) is 13.6. The SMILES string of the molecule is CC(C)(C)C(NC(N)=O)C(=O)NCC(CO)c1cccc(F)c1. The van der Waals surface area contributed by atoms with E-state index in [1.54, 1.807) is 32.9 Å². The van der Waals surface area contributed by atoms with Gasteiger partial charge in [-0.1, -0.05) is 32.9 Å². The van der Waals surface area contributed by atoms with Gasteiger partial charge in [-0.2, -0.15) is 0 Å². The first-order valence-electron chi connectivity index (χ1n) is 7.35. The molecule has 7 heteroatoms. The predicted octanol–water partition coefficient (Wildman–Crippen LogP) is 1.10. The molecule has 2 unspecified atom stereocenters. The molecule has 0 spiro atoms. The number of amides is 3. The summed E-state index contributed by atoms with van der Waals surface area (Å²) in [6.45, 7) is 5.26. The van der Waals surface area contributed by atoms with Crippen molar-refractivity contribution in [1.82, 2.24) is 10.6 Å². The molecule has 128 valence electrons. The Morgan fingerprint density at radius 1 is 1.35 bits per heavy atom. The second-order valence-corrected chi connectivity index (χ2v) is 6.49. The highest BCUT2D eigenvalue weighted by atomic mass is 19.1. The minimum Gasteiger partial charge on any atom is -0.396 e. The average molecular weight is 325 g/mol. The van der Waals surface area contributed by atoms with E-state index in [9.17, 15) is 19.1 Å². The van der Waals surface area contributed by atoms with Crippen molar-refractivity contribution < 1.29 is 19.1 Å². The number of hydrogen-bond acceptors (Lipinski definition) is 3. The van der Waals surface area contributed by atoms with Gasteiger partial charge in [-0.15, -0.1) is 0 Å². The van der Waals surface area contributed by atoms with Gasteiger partial charge < -0.3 is 21.5 Å². The standard InChI is InChI=1S/C16H24FN3O3/c1-16(2,3)13(20-15(18)23)14(22)19-8-11(9-21)10-5-4-6-12(17)7-10/h4-7,11,13,21H,8-9H2,1-3H3,(H,19,22)(H3,18,20,23). The monoisotopic (exact) mass is 325 g/mol. The summed E-state index contributed by atoms with van der Waals surface area (Å²) in [7, 11) is 0. The van der Waals surface area contributed by atoms with E-state index in [1.165, 1.54) is 12.1 Å². The van der Waals surface area contributed by atoms with E-state index < -0.39 is 35.1 Å². The number of primary amides is 1. The molecule has 0 saturated heterocycles. The molecule has 1 aromatic carbocycles. The summed E-state index contributed by atoms with van der Waals surface area (Å²) in [5, 5.41) is 14.6. The Labute approximate surface area is 135 Å². The van der Waals surface area contributed by atoms with Crippen LogP contribution in [-0.2, 0) is 4.79 Å². The fourth-order valence-electron chi connectivity index (χ4n) is 2.19. The summed E-state index contributed by atoms with van der Waals surface area (Å²) in [6.07, 6.45) is 0. The van der Waals surface area contributed by atoms with E-state index in [1.807, 2.05) is 0 Å². The smallest absolute Gasteiger partial charge is 0.312 e. The van der Waals surface area contributed by atoms with E-state index in [0.717, 1.165) is 0 Å². The number of aliphatic hydroxyl groups is 1. The number of hydrogen-bond donors (Lipinski definition) is 4. The van der Waals surface area contributed by atoms with Crippen molar-refractivity contribution in [3.8, 4) is 0 Å². The van der Waals surface area contributed by atoms with Crippen LogP contribution in [0.25, 0.3) is 0 Å². The van der Waals surface area contributed by atoms with E-state index in [2.05, 4.69) is 10.6 Å². The van der Waals surface area contributed by atoms with Crippen LogP contribution in [0.1, 0.15) is 32.3 Å². The van der Waals surface area contributed by atoms with Gasteiger partial charge in [-0.05, 0) is 23.1 Å². The van der Waals surface area contributed by atoms with Crippen molar-refractivity contribution in [3.05, 3.63) is 35.6 Å². The lowest BCUT2D eigenvalue weighted by Gasteiger charge is -2.30. The molecule has 1 aromatic rings. The lowest BCUT2D eigenvalue weighted by Crippen LogP contribution is -2.55. The molecule has 0 aliphatic rings. The van der Waals surface area contributed by atoms with Gasteiger partial charge in [0.2, 0.25) is 5.91 Å². The molecule has 0 fully saturated rings. The predicted molar refractivity (Wildman–Crippen MR) is 85.2 cm³/mol. The van der Waals surface area contributed by atoms with Crippen LogP contribution in [0.2, 0.25) is 0 Å². The van der Waals surface area contributed by atoms with Crippen LogP contribution in [0, 0.1) is 11.2 Å². The number of aliphatic hydroxyl groups excluding tert-OH is 1. The Kier molecular flexibility index (Phi) is 6.50. The maximum atomic E-state index is 13.3. The molecule has 0 aliphatic carbocycles. The van der Waals surface area contributed by atoms with Gasteiger partial charge in [0.1, 0.15) is 11.9 Å². The molecule has 0 heterocycles. The fraction of sp³-hybridized carbons (Fsp3) is 0.500. The van der Waals surface area contributed by atoms with Crippen LogP contribution in [0.4, 0.5) is 9.18 Å². The van der Waals surface area contributed by atoms with E-state index in [4.69, 9.17) is 5.73 Å². The first-order valence-corrected chi connectivity index (χ1v) is 7.35. The summed E-state index contributed by atoms with van der Waals surface area (Å²) in [4.78, 5) is 23.4. The van der Waals surface area contributed by atoms with Crippen LogP contribution in [0.3, 0.4) is 0 Å². The highest BCUT2D eigenvalue weighted by molar-refractivity contribution is 5.87. The molecule has 3 amide bonds. The number of nitrogens with two attached hydrogens (primary N) is 1. The molecule has 0 bridgehead atoms.